The van der Waals surface area contributed by atoms with Gasteiger partial charge in [-0.1, -0.05) is 74.9 Å². The summed E-state index contributed by atoms with van der Waals surface area (Å²) in [5.41, 5.74) is 8.99. The van der Waals surface area contributed by atoms with Crippen LogP contribution in [0, 0.1) is 5.92 Å². The molecule has 3 aliphatic heterocycles. The lowest BCUT2D eigenvalue weighted by Gasteiger charge is -2.40. The third-order valence-corrected chi connectivity index (χ3v) is 9.59. The number of nitrogens with zero attached hydrogens (tertiary/aromatic N) is 1. The molecule has 8 nitrogen and oxygen atoms in total. The van der Waals surface area contributed by atoms with Crippen molar-refractivity contribution in [1.82, 2.24) is 21.2 Å². The molecule has 0 aromatic heterocycles. The molecule has 40 heavy (non-hydrogen) atoms. The van der Waals surface area contributed by atoms with E-state index in [4.69, 9.17) is 14.3 Å². The van der Waals surface area contributed by atoms with E-state index in [1.165, 1.54) is 56.9 Å². The molecule has 2 aromatic rings. The Labute approximate surface area is 238 Å². The van der Waals surface area contributed by atoms with Crippen LogP contribution in [0.3, 0.4) is 0 Å². The van der Waals surface area contributed by atoms with Gasteiger partial charge in [0.15, 0.2) is 11.5 Å². The molecule has 5 atom stereocenters. The molecular weight excluding hydrogens is 504 g/mol. The largest absolute Gasteiger partial charge is 0.454 e. The van der Waals surface area contributed by atoms with Crippen LogP contribution >= 0.6 is 0 Å². The van der Waals surface area contributed by atoms with E-state index in [0.29, 0.717) is 12.3 Å². The first kappa shape index (κ1) is 27.5. The van der Waals surface area contributed by atoms with Crippen molar-refractivity contribution >= 4 is 5.91 Å². The summed E-state index contributed by atoms with van der Waals surface area (Å²) in [6.07, 6.45) is 10.5. The Morgan fingerprint density at radius 1 is 1.00 bits per heavy atom. The lowest BCUT2D eigenvalue weighted by molar-refractivity contribution is -0.125. The minimum Gasteiger partial charge on any atom is -0.454 e. The zero-order chi connectivity index (χ0) is 27.5. The molecule has 0 spiro atoms. The maximum atomic E-state index is 13.8. The van der Waals surface area contributed by atoms with Crippen molar-refractivity contribution in [3.05, 3.63) is 59.7 Å². The first-order valence-electron chi connectivity index (χ1n) is 15.2. The predicted octanol–water partition coefficient (Wildman–Crippen LogP) is 5.15. The highest BCUT2D eigenvalue weighted by molar-refractivity contribution is 5.82. The number of amides is 1. The summed E-state index contributed by atoms with van der Waals surface area (Å²) >= 11 is 0. The summed E-state index contributed by atoms with van der Waals surface area (Å²) in [5, 5.41) is 5.86. The molecule has 8 heteroatoms. The maximum Gasteiger partial charge on any atom is 0.239 e. The molecule has 5 unspecified atom stereocenters. The minimum absolute atomic E-state index is 0.00209. The van der Waals surface area contributed by atoms with Crippen molar-refractivity contribution in [3.63, 3.8) is 0 Å². The number of ether oxygens (including phenoxy) is 2. The molecule has 216 valence electrons. The number of carbonyl (C=O) groups is 1. The number of rotatable bonds is 6. The first-order chi connectivity index (χ1) is 19.5. The van der Waals surface area contributed by atoms with E-state index in [1.807, 2.05) is 18.2 Å². The molecule has 1 saturated carbocycles. The van der Waals surface area contributed by atoms with Crippen LogP contribution in [0.2, 0.25) is 0 Å². The fourth-order valence-corrected chi connectivity index (χ4v) is 7.18. The Bertz CT molecular complexity index is 1150. The van der Waals surface area contributed by atoms with Gasteiger partial charge in [-0.15, -0.1) is 0 Å². The van der Waals surface area contributed by atoms with Gasteiger partial charge in [0, 0.05) is 19.0 Å². The lowest BCUT2D eigenvalue weighted by Crippen LogP contribution is -2.61. The molecule has 3 N–H and O–H groups in total. The number of hydroxylamine groups is 1. The van der Waals surface area contributed by atoms with Gasteiger partial charge in [-0.3, -0.25) is 9.63 Å². The average molecular weight is 549 g/mol. The summed E-state index contributed by atoms with van der Waals surface area (Å²) in [7, 11) is 0. The number of hydrogen-bond donors (Lipinski definition) is 3. The Hall–Kier alpha value is -2.65. The number of nitrogens with one attached hydrogen (secondary N) is 3. The minimum atomic E-state index is -0.421. The van der Waals surface area contributed by atoms with Crippen molar-refractivity contribution in [2.45, 2.75) is 108 Å². The van der Waals surface area contributed by atoms with Gasteiger partial charge in [-0.05, 0) is 55.9 Å². The lowest BCUT2D eigenvalue weighted by atomic mass is 9.74. The Kier molecular flexibility index (Phi) is 8.30. The van der Waals surface area contributed by atoms with E-state index >= 15 is 0 Å². The molecule has 4 aliphatic rings. The zero-order valence-electron chi connectivity index (χ0n) is 23.9. The van der Waals surface area contributed by atoms with Crippen LogP contribution in [0.5, 0.6) is 11.5 Å². The summed E-state index contributed by atoms with van der Waals surface area (Å²) in [4.78, 5) is 19.7. The standard InChI is InChI=1S/C32H44N4O4/c1-22-30(33-31(37)26-19-28(40-34-26)24-16-17-27-29(18-24)39-21-38-27)32(2,25-14-10-5-3-4-6-11-15-25)35-36(22)20-23-12-8-7-9-13-23/h7-9,12-13,16-18,22,25-26,28,30,34-35H,3-6,10-11,14-15,19-21H2,1-2H3,(H,33,37). The van der Waals surface area contributed by atoms with Crippen LogP contribution in [0.15, 0.2) is 48.5 Å². The van der Waals surface area contributed by atoms with Crippen LogP contribution in [0.4, 0.5) is 0 Å². The van der Waals surface area contributed by atoms with Crippen molar-refractivity contribution < 1.29 is 19.1 Å². The summed E-state index contributed by atoms with van der Waals surface area (Å²) in [6, 6.07) is 16.1. The van der Waals surface area contributed by atoms with Gasteiger partial charge < -0.3 is 14.8 Å². The van der Waals surface area contributed by atoms with E-state index in [-0.39, 0.29) is 36.4 Å². The van der Waals surface area contributed by atoms with Crippen molar-refractivity contribution in [3.8, 4) is 11.5 Å². The fraction of sp³-hybridized carbons (Fsp3) is 0.594. The number of benzene rings is 2. The number of hydrogen-bond acceptors (Lipinski definition) is 7. The third-order valence-electron chi connectivity index (χ3n) is 9.59. The zero-order valence-corrected chi connectivity index (χ0v) is 23.9. The normalized spacial score (nSPS) is 31.4. The van der Waals surface area contributed by atoms with E-state index in [2.05, 4.69) is 65.4 Å². The van der Waals surface area contributed by atoms with Gasteiger partial charge in [0.05, 0.1) is 11.6 Å². The summed E-state index contributed by atoms with van der Waals surface area (Å²) in [5.74, 6) is 1.96. The second-order valence-corrected chi connectivity index (χ2v) is 12.3. The van der Waals surface area contributed by atoms with E-state index in [0.717, 1.165) is 23.6 Å². The quantitative estimate of drug-likeness (QED) is 0.460. The Morgan fingerprint density at radius 2 is 1.73 bits per heavy atom. The number of hydrazine groups is 1. The van der Waals surface area contributed by atoms with E-state index < -0.39 is 6.04 Å². The van der Waals surface area contributed by atoms with E-state index in [9.17, 15) is 4.79 Å². The highest BCUT2D eigenvalue weighted by atomic mass is 16.7. The van der Waals surface area contributed by atoms with Crippen LogP contribution in [0.25, 0.3) is 0 Å². The van der Waals surface area contributed by atoms with Crippen LogP contribution in [-0.4, -0.2) is 41.4 Å². The third kappa shape index (κ3) is 5.73. The molecule has 1 aliphatic carbocycles. The molecule has 3 fully saturated rings. The van der Waals surface area contributed by atoms with Gasteiger partial charge in [-0.2, -0.15) is 5.48 Å². The molecule has 1 amide bonds. The van der Waals surface area contributed by atoms with Crippen molar-refractivity contribution in [1.29, 1.82) is 0 Å². The summed E-state index contributed by atoms with van der Waals surface area (Å²) < 4.78 is 11.0. The molecule has 3 heterocycles. The van der Waals surface area contributed by atoms with Crippen LogP contribution < -0.4 is 25.7 Å². The molecule has 2 saturated heterocycles. The second kappa shape index (κ2) is 12.1. The maximum absolute atomic E-state index is 13.8. The first-order valence-corrected chi connectivity index (χ1v) is 15.2. The molecule has 2 aromatic carbocycles. The Morgan fingerprint density at radius 3 is 2.50 bits per heavy atom. The predicted molar refractivity (Wildman–Crippen MR) is 153 cm³/mol. The van der Waals surface area contributed by atoms with E-state index in [1.54, 1.807) is 0 Å². The molecule has 6 rings (SSSR count). The molecule has 0 radical (unpaired) electrons. The number of carbonyl (C=O) groups excluding carboxylic acids is 1. The van der Waals surface area contributed by atoms with Gasteiger partial charge in [0.2, 0.25) is 12.7 Å². The van der Waals surface area contributed by atoms with Crippen molar-refractivity contribution in [2.24, 2.45) is 5.92 Å². The van der Waals surface area contributed by atoms with Gasteiger partial charge >= 0.3 is 0 Å². The van der Waals surface area contributed by atoms with Crippen molar-refractivity contribution in [2.75, 3.05) is 6.79 Å². The van der Waals surface area contributed by atoms with Gasteiger partial charge in [0.1, 0.15) is 12.1 Å². The SMILES string of the molecule is CC1C(NC(=O)C2CC(c3ccc4c(c3)OCO4)ON2)C(C)(C2CCCCCCCC2)NN1Cc1ccccc1. The Balaban J connectivity index is 1.18. The average Bonchev–Trinajstić information content (AvgIpc) is 3.71. The number of fused-ring (bicyclic) bond motifs is 1. The topological polar surface area (TPSA) is 84.1 Å². The van der Waals surface area contributed by atoms with Crippen LogP contribution in [0.1, 0.15) is 88.9 Å². The summed E-state index contributed by atoms with van der Waals surface area (Å²) in [6.45, 7) is 5.63. The molecular formula is C32H44N4O4. The smallest absolute Gasteiger partial charge is 0.239 e. The monoisotopic (exact) mass is 548 g/mol. The second-order valence-electron chi connectivity index (χ2n) is 12.3. The van der Waals surface area contributed by atoms with Crippen LogP contribution in [-0.2, 0) is 16.2 Å². The highest BCUT2D eigenvalue weighted by Gasteiger charge is 2.52. The van der Waals surface area contributed by atoms with Gasteiger partial charge in [0.25, 0.3) is 0 Å². The molecule has 0 bridgehead atoms. The van der Waals surface area contributed by atoms with Gasteiger partial charge in [-0.25, -0.2) is 10.4 Å². The highest BCUT2D eigenvalue weighted by Crippen LogP contribution is 2.40. The fourth-order valence-electron chi connectivity index (χ4n) is 7.18.